The third-order valence-electron chi connectivity index (χ3n) is 12.6. The second-order valence-electron chi connectivity index (χ2n) is 18.7. The number of nitrogens with zero attached hydrogens (tertiary/aromatic N) is 1. The molecule has 62 heavy (non-hydrogen) atoms. The Morgan fingerprint density at radius 1 is 0.484 bits per heavy atom. The molecular weight excluding hydrogens is 777 g/mol. The second kappa shape index (κ2) is 42.8. The largest absolute Gasteiger partial charge is 0.465 e. The zero-order valence-electron chi connectivity index (χ0n) is 41.2. The van der Waals surface area contributed by atoms with E-state index in [0.29, 0.717) is 26.1 Å². The maximum Gasteiger partial charge on any atom is 0.320 e. The quantitative estimate of drug-likeness (QED) is 0.0278. The molecule has 1 aliphatic carbocycles. The smallest absolute Gasteiger partial charge is 0.320 e. The van der Waals surface area contributed by atoms with Crippen LogP contribution in [0.4, 0.5) is 0 Å². The first-order valence-corrected chi connectivity index (χ1v) is 26.9. The minimum absolute atomic E-state index is 0.00193. The van der Waals surface area contributed by atoms with Gasteiger partial charge in [-0.1, -0.05) is 169 Å². The Bertz CT molecular complexity index is 1020. The first kappa shape index (κ1) is 57.9. The third-order valence-corrected chi connectivity index (χ3v) is 12.6. The van der Waals surface area contributed by atoms with Crippen LogP contribution in [-0.4, -0.2) is 74.2 Å². The number of nitrogens with one attached hydrogen (secondary N) is 1. The number of ether oxygens (including phenoxy) is 3. The Morgan fingerprint density at radius 2 is 0.887 bits per heavy atom. The van der Waals surface area contributed by atoms with Crippen LogP contribution in [0.25, 0.3) is 0 Å². The highest BCUT2D eigenvalue weighted by atomic mass is 16.6. The van der Waals surface area contributed by atoms with Crippen molar-refractivity contribution in [1.82, 2.24) is 10.2 Å². The minimum atomic E-state index is -0.831. The molecule has 0 aromatic carbocycles. The monoisotopic (exact) mass is 877 g/mol. The molecule has 9 nitrogen and oxygen atoms in total. The maximum absolute atomic E-state index is 13.0. The molecule has 364 valence electrons. The first-order chi connectivity index (χ1) is 30.4. The average Bonchev–Trinajstić information content (AvgIpc) is 4.12. The normalized spacial score (nSPS) is 12.7. The van der Waals surface area contributed by atoms with Gasteiger partial charge in [-0.3, -0.25) is 19.2 Å². The van der Waals surface area contributed by atoms with Crippen molar-refractivity contribution in [2.24, 2.45) is 11.8 Å². The summed E-state index contributed by atoms with van der Waals surface area (Å²) in [5.74, 6) is -1.23. The SMILES string of the molecule is CCCCCCCCC(CCCCCCCC)OC(=O)CCCCCCCN(CCCCCCC(C(=O)OCCCCCC)C(=O)OCCCCCC)CCCNC(=O)C1CC1. The number of hydrogen-bond donors (Lipinski definition) is 1. The predicted octanol–water partition coefficient (Wildman–Crippen LogP) is 13.8. The van der Waals surface area contributed by atoms with Crippen LogP contribution in [-0.2, 0) is 33.4 Å². The van der Waals surface area contributed by atoms with Crippen LogP contribution in [0.3, 0.4) is 0 Å². The van der Waals surface area contributed by atoms with Gasteiger partial charge >= 0.3 is 17.9 Å². The number of unbranched alkanes of at least 4 members (excludes halogenated alkanes) is 23. The van der Waals surface area contributed by atoms with Gasteiger partial charge in [0.15, 0.2) is 5.92 Å². The Kier molecular flexibility index (Phi) is 39.9. The van der Waals surface area contributed by atoms with Gasteiger partial charge in [0.2, 0.25) is 5.91 Å². The van der Waals surface area contributed by atoms with E-state index < -0.39 is 17.9 Å². The fourth-order valence-corrected chi connectivity index (χ4v) is 8.26. The molecular formula is C53H100N2O7. The minimum Gasteiger partial charge on any atom is -0.465 e. The van der Waals surface area contributed by atoms with Crippen LogP contribution in [0.5, 0.6) is 0 Å². The number of rotatable bonds is 47. The van der Waals surface area contributed by atoms with E-state index in [-0.39, 0.29) is 23.9 Å². The Hall–Kier alpha value is -2.16. The van der Waals surface area contributed by atoms with E-state index in [4.69, 9.17) is 14.2 Å². The Morgan fingerprint density at radius 3 is 1.37 bits per heavy atom. The third kappa shape index (κ3) is 35.2. The van der Waals surface area contributed by atoms with Crippen LogP contribution in [0.15, 0.2) is 0 Å². The molecule has 1 N–H and O–H groups in total. The summed E-state index contributed by atoms with van der Waals surface area (Å²) in [6.45, 7) is 13.3. The topological polar surface area (TPSA) is 111 Å². The highest BCUT2D eigenvalue weighted by Crippen LogP contribution is 2.28. The second-order valence-corrected chi connectivity index (χ2v) is 18.7. The Balaban J connectivity index is 2.48. The number of carbonyl (C=O) groups is 4. The molecule has 0 spiro atoms. The van der Waals surface area contributed by atoms with Gasteiger partial charge in [0.05, 0.1) is 13.2 Å². The summed E-state index contributed by atoms with van der Waals surface area (Å²) < 4.78 is 17.2. The number of hydrogen-bond acceptors (Lipinski definition) is 8. The van der Waals surface area contributed by atoms with Crippen molar-refractivity contribution in [3.05, 3.63) is 0 Å². The van der Waals surface area contributed by atoms with Gasteiger partial charge in [0.25, 0.3) is 0 Å². The number of esters is 3. The van der Waals surface area contributed by atoms with Gasteiger partial charge in [-0.2, -0.15) is 0 Å². The molecule has 0 radical (unpaired) electrons. The molecule has 0 saturated heterocycles. The van der Waals surface area contributed by atoms with Crippen molar-refractivity contribution < 1.29 is 33.4 Å². The molecule has 1 rings (SSSR count). The van der Waals surface area contributed by atoms with Gasteiger partial charge in [-0.05, 0) is 103 Å². The van der Waals surface area contributed by atoms with Crippen LogP contribution in [0, 0.1) is 11.8 Å². The molecule has 0 heterocycles. The van der Waals surface area contributed by atoms with Gasteiger partial charge in [-0.15, -0.1) is 0 Å². The standard InChI is InChI=1S/C53H100N2O7/c1-5-9-13-17-20-26-35-48(36-27-21-18-14-10-6-2)62-50(56)38-29-22-19-24-30-42-55(44-34-41-54-51(57)47-39-40-47)43-31-25-23-28-37-49(52(58)60-45-32-15-11-7-3)53(59)61-46-33-16-12-8-4/h47-49H,5-46H2,1-4H3,(H,54,57). The van der Waals surface area contributed by atoms with E-state index in [2.05, 4.69) is 37.9 Å². The fraction of sp³-hybridized carbons (Fsp3) is 0.925. The lowest BCUT2D eigenvalue weighted by molar-refractivity contribution is -0.162. The molecule has 9 heteroatoms. The predicted molar refractivity (Wildman–Crippen MR) is 257 cm³/mol. The molecule has 0 aliphatic heterocycles. The van der Waals surface area contributed by atoms with Crippen molar-refractivity contribution in [2.45, 2.75) is 265 Å². The van der Waals surface area contributed by atoms with Crippen molar-refractivity contribution in [3.63, 3.8) is 0 Å². The lowest BCUT2D eigenvalue weighted by Gasteiger charge is -2.22. The van der Waals surface area contributed by atoms with Crippen molar-refractivity contribution in [1.29, 1.82) is 0 Å². The summed E-state index contributed by atoms with van der Waals surface area (Å²) in [6, 6.07) is 0. The van der Waals surface area contributed by atoms with Crippen LogP contribution >= 0.6 is 0 Å². The summed E-state index contributed by atoms with van der Waals surface area (Å²) in [6.07, 6.45) is 38.8. The van der Waals surface area contributed by atoms with Crippen LogP contribution < -0.4 is 5.32 Å². The van der Waals surface area contributed by atoms with E-state index in [9.17, 15) is 19.2 Å². The van der Waals surface area contributed by atoms with E-state index >= 15 is 0 Å². The zero-order chi connectivity index (χ0) is 45.1. The van der Waals surface area contributed by atoms with E-state index in [0.717, 1.165) is 167 Å². The molecule has 0 unspecified atom stereocenters. The molecule has 1 aliphatic rings. The maximum atomic E-state index is 13.0. The summed E-state index contributed by atoms with van der Waals surface area (Å²) in [7, 11) is 0. The molecule has 0 atom stereocenters. The van der Waals surface area contributed by atoms with E-state index in [1.165, 1.54) is 77.0 Å². The summed E-state index contributed by atoms with van der Waals surface area (Å²) in [4.78, 5) is 53.6. The first-order valence-electron chi connectivity index (χ1n) is 26.9. The number of amides is 1. The molecule has 1 saturated carbocycles. The zero-order valence-corrected chi connectivity index (χ0v) is 41.2. The van der Waals surface area contributed by atoms with Gasteiger partial charge in [0.1, 0.15) is 6.10 Å². The highest BCUT2D eigenvalue weighted by Gasteiger charge is 2.30. The molecule has 0 bridgehead atoms. The van der Waals surface area contributed by atoms with Gasteiger partial charge in [0, 0.05) is 18.9 Å². The fourth-order valence-electron chi connectivity index (χ4n) is 8.26. The van der Waals surface area contributed by atoms with Crippen LogP contribution in [0.1, 0.15) is 259 Å². The summed E-state index contributed by atoms with van der Waals surface area (Å²) >= 11 is 0. The van der Waals surface area contributed by atoms with Crippen molar-refractivity contribution in [2.75, 3.05) is 39.4 Å². The highest BCUT2D eigenvalue weighted by molar-refractivity contribution is 5.94. The van der Waals surface area contributed by atoms with E-state index in [1.54, 1.807) is 0 Å². The average molecular weight is 877 g/mol. The Labute approximate surface area is 382 Å². The molecule has 0 aromatic heterocycles. The van der Waals surface area contributed by atoms with Gasteiger partial charge < -0.3 is 24.4 Å². The molecule has 0 aromatic rings. The number of carbonyl (C=O) groups excluding carboxylic acids is 4. The van der Waals surface area contributed by atoms with Crippen molar-refractivity contribution in [3.8, 4) is 0 Å². The van der Waals surface area contributed by atoms with Crippen LogP contribution in [0.2, 0.25) is 0 Å². The van der Waals surface area contributed by atoms with Crippen molar-refractivity contribution >= 4 is 23.8 Å². The van der Waals surface area contributed by atoms with Gasteiger partial charge in [-0.25, -0.2) is 0 Å². The lowest BCUT2D eigenvalue weighted by Crippen LogP contribution is -2.32. The molecule has 1 fully saturated rings. The molecule has 1 amide bonds. The summed E-state index contributed by atoms with van der Waals surface area (Å²) in [5.41, 5.74) is 0. The summed E-state index contributed by atoms with van der Waals surface area (Å²) in [5, 5.41) is 3.13. The lowest BCUT2D eigenvalue weighted by atomic mass is 10.0. The van der Waals surface area contributed by atoms with E-state index in [1.807, 2.05) is 0 Å².